The molecule has 1 amide bonds. The molecule has 2 aliphatic rings. The second kappa shape index (κ2) is 7.84. The first-order valence-corrected chi connectivity index (χ1v) is 7.93. The maximum atomic E-state index is 11.6. The van der Waals surface area contributed by atoms with Crippen molar-refractivity contribution >= 4 is 6.09 Å². The molecule has 1 N–H and O–H groups in total. The van der Waals surface area contributed by atoms with E-state index in [1.54, 1.807) is 0 Å². The lowest BCUT2D eigenvalue weighted by atomic mass is 9.91. The van der Waals surface area contributed by atoms with Crippen LogP contribution in [-0.4, -0.2) is 56.0 Å². The van der Waals surface area contributed by atoms with Gasteiger partial charge < -0.3 is 19.7 Å². The number of rotatable bonds is 4. The molecule has 0 radical (unpaired) electrons. The highest BCUT2D eigenvalue weighted by Crippen LogP contribution is 2.22. The monoisotopic (exact) mass is 284 g/mol. The number of ether oxygens (including phenoxy) is 2. The van der Waals surface area contributed by atoms with Crippen LogP contribution in [0.15, 0.2) is 0 Å². The Kier molecular flexibility index (Phi) is 6.10. The third-order valence-corrected chi connectivity index (χ3v) is 4.45. The number of piperidine rings is 1. The summed E-state index contributed by atoms with van der Waals surface area (Å²) in [6.07, 6.45) is 7.10. The normalized spacial score (nSPS) is 28.4. The fourth-order valence-corrected chi connectivity index (χ4v) is 3.29. The van der Waals surface area contributed by atoms with E-state index in [2.05, 4.69) is 5.32 Å². The minimum atomic E-state index is -0.164. The standard InChI is InChI=1S/C15H28N2O3/c1-3-20-15(18)17-9-7-12(8-10-17)16-13-5-4-6-14(11-13)19-2/h12-14,16H,3-11H2,1-2H3. The summed E-state index contributed by atoms with van der Waals surface area (Å²) < 4.78 is 10.5. The summed E-state index contributed by atoms with van der Waals surface area (Å²) in [6, 6.07) is 1.11. The van der Waals surface area contributed by atoms with E-state index in [1.807, 2.05) is 18.9 Å². The van der Waals surface area contributed by atoms with Gasteiger partial charge >= 0.3 is 6.09 Å². The second-order valence-electron chi connectivity index (χ2n) is 5.85. The highest BCUT2D eigenvalue weighted by molar-refractivity contribution is 5.67. The van der Waals surface area contributed by atoms with E-state index >= 15 is 0 Å². The van der Waals surface area contributed by atoms with Gasteiger partial charge in [-0.25, -0.2) is 4.79 Å². The second-order valence-corrected chi connectivity index (χ2v) is 5.85. The van der Waals surface area contributed by atoms with E-state index in [9.17, 15) is 4.79 Å². The molecule has 0 bridgehead atoms. The lowest BCUT2D eigenvalue weighted by Crippen LogP contribution is -2.49. The minimum absolute atomic E-state index is 0.164. The molecule has 1 aliphatic heterocycles. The molecule has 2 unspecified atom stereocenters. The topological polar surface area (TPSA) is 50.8 Å². The van der Waals surface area contributed by atoms with E-state index < -0.39 is 0 Å². The molecule has 5 heteroatoms. The molecule has 5 nitrogen and oxygen atoms in total. The van der Waals surface area contributed by atoms with Crippen molar-refractivity contribution in [2.45, 2.75) is 63.6 Å². The van der Waals surface area contributed by atoms with E-state index in [0.717, 1.165) is 32.4 Å². The number of likely N-dealkylation sites (tertiary alicyclic amines) is 1. The van der Waals surface area contributed by atoms with Gasteiger partial charge in [0.25, 0.3) is 0 Å². The van der Waals surface area contributed by atoms with Crippen LogP contribution in [0.25, 0.3) is 0 Å². The van der Waals surface area contributed by atoms with E-state index in [1.165, 1.54) is 19.3 Å². The first kappa shape index (κ1) is 15.6. The lowest BCUT2D eigenvalue weighted by Gasteiger charge is -2.36. The van der Waals surface area contributed by atoms with Crippen LogP contribution in [0.2, 0.25) is 0 Å². The van der Waals surface area contributed by atoms with Crippen molar-refractivity contribution in [3.63, 3.8) is 0 Å². The highest BCUT2D eigenvalue weighted by atomic mass is 16.6. The minimum Gasteiger partial charge on any atom is -0.450 e. The van der Waals surface area contributed by atoms with Gasteiger partial charge in [0.15, 0.2) is 0 Å². The first-order valence-electron chi connectivity index (χ1n) is 7.93. The molecule has 116 valence electrons. The average molecular weight is 284 g/mol. The Hall–Kier alpha value is -0.810. The van der Waals surface area contributed by atoms with Gasteiger partial charge in [0.2, 0.25) is 0 Å². The summed E-state index contributed by atoms with van der Waals surface area (Å²) in [5, 5.41) is 3.75. The summed E-state index contributed by atoms with van der Waals surface area (Å²) in [5.74, 6) is 0. The van der Waals surface area contributed by atoms with Crippen molar-refractivity contribution in [2.75, 3.05) is 26.8 Å². The Bertz CT molecular complexity index is 303. The van der Waals surface area contributed by atoms with Crippen molar-refractivity contribution in [3.8, 4) is 0 Å². The number of carbonyl (C=O) groups is 1. The number of carbonyl (C=O) groups excluding carboxylic acids is 1. The van der Waals surface area contributed by atoms with Crippen molar-refractivity contribution < 1.29 is 14.3 Å². The Balaban J connectivity index is 1.70. The zero-order valence-electron chi connectivity index (χ0n) is 12.8. The molecule has 20 heavy (non-hydrogen) atoms. The number of methoxy groups -OCH3 is 1. The Morgan fingerprint density at radius 1 is 1.20 bits per heavy atom. The van der Waals surface area contributed by atoms with E-state index in [4.69, 9.17) is 9.47 Å². The fourth-order valence-electron chi connectivity index (χ4n) is 3.29. The van der Waals surface area contributed by atoms with Gasteiger partial charge in [-0.05, 0) is 45.4 Å². The van der Waals surface area contributed by atoms with Gasteiger partial charge in [-0.2, -0.15) is 0 Å². The Morgan fingerprint density at radius 2 is 1.95 bits per heavy atom. The van der Waals surface area contributed by atoms with E-state index in [-0.39, 0.29) is 6.09 Å². The zero-order chi connectivity index (χ0) is 14.4. The molecule has 1 saturated carbocycles. The molecule has 2 fully saturated rings. The van der Waals surface area contributed by atoms with Gasteiger partial charge in [0.05, 0.1) is 12.7 Å². The van der Waals surface area contributed by atoms with Crippen LogP contribution < -0.4 is 5.32 Å². The van der Waals surface area contributed by atoms with Crippen LogP contribution >= 0.6 is 0 Å². The van der Waals surface area contributed by atoms with Gasteiger partial charge in [-0.1, -0.05) is 0 Å². The Morgan fingerprint density at radius 3 is 2.60 bits per heavy atom. The summed E-state index contributed by atoms with van der Waals surface area (Å²) in [7, 11) is 1.81. The van der Waals surface area contributed by atoms with Crippen LogP contribution in [0.4, 0.5) is 4.79 Å². The molecular formula is C15H28N2O3. The quantitative estimate of drug-likeness (QED) is 0.859. The molecule has 2 atom stereocenters. The van der Waals surface area contributed by atoms with Crippen LogP contribution in [0.5, 0.6) is 0 Å². The average Bonchev–Trinajstić information content (AvgIpc) is 2.48. The number of amides is 1. The number of nitrogens with one attached hydrogen (secondary N) is 1. The molecule has 0 aromatic rings. The predicted octanol–water partition coefficient (Wildman–Crippen LogP) is 2.15. The third-order valence-electron chi connectivity index (χ3n) is 4.45. The van der Waals surface area contributed by atoms with Crippen LogP contribution in [0.3, 0.4) is 0 Å². The molecule has 0 aromatic heterocycles. The van der Waals surface area contributed by atoms with Crippen LogP contribution in [0, 0.1) is 0 Å². The molecular weight excluding hydrogens is 256 g/mol. The van der Waals surface area contributed by atoms with Gasteiger partial charge in [-0.3, -0.25) is 0 Å². The van der Waals surface area contributed by atoms with E-state index in [0.29, 0.717) is 24.8 Å². The van der Waals surface area contributed by atoms with Gasteiger partial charge in [0, 0.05) is 32.3 Å². The molecule has 1 saturated heterocycles. The highest BCUT2D eigenvalue weighted by Gasteiger charge is 2.27. The summed E-state index contributed by atoms with van der Waals surface area (Å²) in [5.41, 5.74) is 0. The maximum Gasteiger partial charge on any atom is 0.409 e. The van der Waals surface area contributed by atoms with Gasteiger partial charge in [-0.15, -0.1) is 0 Å². The smallest absolute Gasteiger partial charge is 0.409 e. The Labute approximate surface area is 122 Å². The lowest BCUT2D eigenvalue weighted by molar-refractivity contribution is 0.0537. The summed E-state index contributed by atoms with van der Waals surface area (Å²) in [6.45, 7) is 3.91. The van der Waals surface area contributed by atoms with Gasteiger partial charge in [0.1, 0.15) is 0 Å². The summed E-state index contributed by atoms with van der Waals surface area (Å²) >= 11 is 0. The van der Waals surface area contributed by atoms with Crippen LogP contribution in [0.1, 0.15) is 45.4 Å². The molecule has 2 rings (SSSR count). The molecule has 1 aliphatic carbocycles. The van der Waals surface area contributed by atoms with Crippen molar-refractivity contribution in [1.29, 1.82) is 0 Å². The maximum absolute atomic E-state index is 11.6. The zero-order valence-corrected chi connectivity index (χ0v) is 12.8. The third kappa shape index (κ3) is 4.35. The molecule has 0 aromatic carbocycles. The van der Waals surface area contributed by atoms with Crippen molar-refractivity contribution in [2.24, 2.45) is 0 Å². The van der Waals surface area contributed by atoms with Crippen molar-refractivity contribution in [3.05, 3.63) is 0 Å². The fraction of sp³-hybridized carbons (Fsp3) is 0.933. The molecule has 1 heterocycles. The first-order chi connectivity index (χ1) is 9.72. The number of hydrogen-bond acceptors (Lipinski definition) is 4. The number of hydrogen-bond donors (Lipinski definition) is 1. The molecule has 0 spiro atoms. The number of nitrogens with zero attached hydrogens (tertiary/aromatic N) is 1. The van der Waals surface area contributed by atoms with Crippen molar-refractivity contribution in [1.82, 2.24) is 10.2 Å². The largest absolute Gasteiger partial charge is 0.450 e. The predicted molar refractivity (Wildman–Crippen MR) is 77.8 cm³/mol. The van der Waals surface area contributed by atoms with Crippen LogP contribution in [-0.2, 0) is 9.47 Å². The SMILES string of the molecule is CCOC(=O)N1CCC(NC2CCCC(OC)C2)CC1. The summed E-state index contributed by atoms with van der Waals surface area (Å²) in [4.78, 5) is 13.5.